The van der Waals surface area contributed by atoms with E-state index in [0.717, 1.165) is 38.8 Å². The Bertz CT molecular complexity index is 300. The third-order valence-electron chi connectivity index (χ3n) is 5.07. The first-order valence-corrected chi connectivity index (χ1v) is 6.80. The van der Waals surface area contributed by atoms with Crippen LogP contribution in [0.5, 0.6) is 0 Å². The summed E-state index contributed by atoms with van der Waals surface area (Å²) in [5.74, 6) is 0.244. The zero-order chi connectivity index (χ0) is 12.0. The maximum atomic E-state index is 10.9. The molecule has 2 aliphatic carbocycles. The summed E-state index contributed by atoms with van der Waals surface area (Å²) in [6.45, 7) is 2.06. The molecule has 17 heavy (non-hydrogen) atoms. The molecule has 2 saturated heterocycles. The lowest BCUT2D eigenvalue weighted by Gasteiger charge is -2.54. The molecule has 0 aromatic heterocycles. The van der Waals surface area contributed by atoms with Crippen molar-refractivity contribution in [1.82, 2.24) is 4.90 Å². The zero-order valence-electron chi connectivity index (χ0n) is 10.1. The van der Waals surface area contributed by atoms with E-state index in [4.69, 9.17) is 5.11 Å². The molecule has 4 aliphatic rings. The van der Waals surface area contributed by atoms with Crippen LogP contribution in [0, 0.1) is 17.8 Å². The van der Waals surface area contributed by atoms with Crippen molar-refractivity contribution in [2.45, 2.75) is 44.2 Å². The van der Waals surface area contributed by atoms with E-state index in [-0.39, 0.29) is 12.0 Å². The maximum Gasteiger partial charge on any atom is 0.306 e. The molecule has 0 aromatic rings. The highest BCUT2D eigenvalue weighted by atomic mass is 16.4. The quantitative estimate of drug-likeness (QED) is 0.753. The van der Waals surface area contributed by atoms with Crippen LogP contribution in [0.2, 0.25) is 0 Å². The van der Waals surface area contributed by atoms with Gasteiger partial charge in [0.2, 0.25) is 0 Å². The smallest absolute Gasteiger partial charge is 0.306 e. The van der Waals surface area contributed by atoms with Gasteiger partial charge in [-0.2, -0.15) is 0 Å². The Hall–Kier alpha value is -0.610. The standard InChI is InChI=1S/C13H21NO3/c15-12-9-5-10(12)7-14(6-9)11-3-1-8(2-4-11)13(16)17/h8-12,15H,1-7H2,(H,16,17)/t8?,9-,10+,11?,12?. The molecule has 0 aromatic carbocycles. The summed E-state index contributed by atoms with van der Waals surface area (Å²) in [7, 11) is 0. The fourth-order valence-electron chi connectivity index (χ4n) is 3.88. The number of carbonyl (C=O) groups is 1. The summed E-state index contributed by atoms with van der Waals surface area (Å²) < 4.78 is 0. The van der Waals surface area contributed by atoms with Crippen LogP contribution < -0.4 is 0 Å². The molecule has 2 aliphatic heterocycles. The van der Waals surface area contributed by atoms with Gasteiger partial charge in [-0.25, -0.2) is 0 Å². The minimum atomic E-state index is -0.625. The summed E-state index contributed by atoms with van der Waals surface area (Å²) in [6.07, 6.45) is 4.84. The van der Waals surface area contributed by atoms with Gasteiger partial charge >= 0.3 is 5.97 Å². The van der Waals surface area contributed by atoms with E-state index in [9.17, 15) is 9.90 Å². The van der Waals surface area contributed by atoms with Crippen LogP contribution in [0.4, 0.5) is 0 Å². The number of piperidine rings is 2. The molecule has 2 heterocycles. The second kappa shape index (κ2) is 4.25. The summed E-state index contributed by atoms with van der Waals surface area (Å²) in [4.78, 5) is 13.4. The summed E-state index contributed by atoms with van der Waals surface area (Å²) in [5.41, 5.74) is 0. The van der Waals surface area contributed by atoms with E-state index in [1.807, 2.05) is 0 Å². The minimum absolute atomic E-state index is 0.0541. The van der Waals surface area contributed by atoms with E-state index >= 15 is 0 Å². The fourth-order valence-corrected chi connectivity index (χ4v) is 3.88. The molecule has 1 unspecified atom stereocenters. The number of rotatable bonds is 2. The average molecular weight is 239 g/mol. The third-order valence-corrected chi connectivity index (χ3v) is 5.07. The molecule has 0 radical (unpaired) electrons. The third kappa shape index (κ3) is 1.97. The molecule has 4 rings (SSSR count). The van der Waals surface area contributed by atoms with Gasteiger partial charge in [-0.3, -0.25) is 9.69 Å². The molecular formula is C13H21NO3. The number of hydrogen-bond acceptors (Lipinski definition) is 3. The van der Waals surface area contributed by atoms with Crippen LogP contribution in [-0.2, 0) is 4.79 Å². The summed E-state index contributed by atoms with van der Waals surface area (Å²) >= 11 is 0. The second-order valence-electron chi connectivity index (χ2n) is 6.04. The molecule has 0 amide bonds. The van der Waals surface area contributed by atoms with Crippen molar-refractivity contribution < 1.29 is 15.0 Å². The highest BCUT2D eigenvalue weighted by Gasteiger charge is 2.47. The monoisotopic (exact) mass is 239 g/mol. The Morgan fingerprint density at radius 1 is 1.06 bits per heavy atom. The van der Waals surface area contributed by atoms with Gasteiger partial charge in [-0.05, 0) is 43.9 Å². The lowest BCUT2D eigenvalue weighted by molar-refractivity contribution is -0.144. The van der Waals surface area contributed by atoms with Gasteiger partial charge in [0.1, 0.15) is 0 Å². The molecule has 4 heteroatoms. The highest BCUT2D eigenvalue weighted by Crippen LogP contribution is 2.42. The van der Waals surface area contributed by atoms with E-state index in [0.29, 0.717) is 17.9 Å². The lowest BCUT2D eigenvalue weighted by atomic mass is 9.67. The van der Waals surface area contributed by atoms with Crippen molar-refractivity contribution in [3.05, 3.63) is 0 Å². The lowest BCUT2D eigenvalue weighted by Crippen LogP contribution is -2.60. The fraction of sp³-hybridized carbons (Fsp3) is 0.923. The Labute approximate surface area is 102 Å². The van der Waals surface area contributed by atoms with Crippen LogP contribution in [-0.4, -0.2) is 46.3 Å². The van der Waals surface area contributed by atoms with E-state index in [2.05, 4.69) is 4.90 Å². The molecule has 0 spiro atoms. The summed E-state index contributed by atoms with van der Waals surface area (Å²) in [6, 6.07) is 0.573. The van der Waals surface area contributed by atoms with Crippen molar-refractivity contribution in [3.63, 3.8) is 0 Å². The Morgan fingerprint density at radius 2 is 1.65 bits per heavy atom. The molecule has 2 N–H and O–H groups in total. The number of carboxylic acids is 1. The van der Waals surface area contributed by atoms with Gasteiger partial charge < -0.3 is 10.2 Å². The Kier molecular flexibility index (Phi) is 2.87. The predicted molar refractivity (Wildman–Crippen MR) is 62.6 cm³/mol. The van der Waals surface area contributed by atoms with Crippen molar-refractivity contribution in [3.8, 4) is 0 Å². The Morgan fingerprint density at radius 3 is 2.12 bits per heavy atom. The van der Waals surface area contributed by atoms with Crippen molar-refractivity contribution in [2.24, 2.45) is 17.8 Å². The van der Waals surface area contributed by atoms with Crippen molar-refractivity contribution in [2.75, 3.05) is 13.1 Å². The van der Waals surface area contributed by atoms with Gasteiger partial charge in [0, 0.05) is 19.1 Å². The maximum absolute atomic E-state index is 10.9. The summed E-state index contributed by atoms with van der Waals surface area (Å²) in [5, 5.41) is 18.7. The zero-order valence-corrected chi connectivity index (χ0v) is 10.1. The molecule has 3 atom stereocenters. The first-order chi connectivity index (χ1) is 8.15. The van der Waals surface area contributed by atoms with Gasteiger partial charge in [-0.15, -0.1) is 0 Å². The molecule has 4 fully saturated rings. The van der Waals surface area contributed by atoms with Crippen LogP contribution in [0.25, 0.3) is 0 Å². The van der Waals surface area contributed by atoms with Crippen LogP contribution in [0.3, 0.4) is 0 Å². The number of hydrogen-bond donors (Lipinski definition) is 2. The molecule has 4 nitrogen and oxygen atoms in total. The average Bonchev–Trinajstić information content (AvgIpc) is 2.38. The molecular weight excluding hydrogens is 218 g/mol. The highest BCUT2D eigenvalue weighted by molar-refractivity contribution is 5.70. The molecule has 96 valence electrons. The van der Waals surface area contributed by atoms with Crippen molar-refractivity contribution >= 4 is 5.97 Å². The first-order valence-electron chi connectivity index (χ1n) is 6.80. The SMILES string of the molecule is O=C(O)C1CCC(N2C[C@H]3C[C@@H](C2)C3O)CC1. The topological polar surface area (TPSA) is 60.8 Å². The number of carboxylic acid groups (broad SMARTS) is 1. The minimum Gasteiger partial charge on any atom is -0.481 e. The van der Waals surface area contributed by atoms with Gasteiger partial charge in [0.05, 0.1) is 12.0 Å². The second-order valence-corrected chi connectivity index (χ2v) is 6.04. The number of aliphatic hydroxyl groups excluding tert-OH is 1. The Balaban J connectivity index is 1.52. The number of aliphatic carboxylic acids is 1. The molecule has 2 saturated carbocycles. The van der Waals surface area contributed by atoms with Crippen molar-refractivity contribution in [1.29, 1.82) is 0 Å². The predicted octanol–water partition coefficient (Wildman–Crippen LogP) is 0.942. The normalized spacial score (nSPS) is 46.3. The van der Waals surface area contributed by atoms with Crippen LogP contribution in [0.1, 0.15) is 32.1 Å². The number of fused-ring (bicyclic) bond motifs is 2. The van der Waals surface area contributed by atoms with E-state index in [1.54, 1.807) is 0 Å². The van der Waals surface area contributed by atoms with E-state index < -0.39 is 5.97 Å². The van der Waals surface area contributed by atoms with Crippen LogP contribution >= 0.6 is 0 Å². The molecule has 2 bridgehead atoms. The van der Waals surface area contributed by atoms with E-state index in [1.165, 1.54) is 6.42 Å². The largest absolute Gasteiger partial charge is 0.481 e. The number of nitrogens with zero attached hydrogens (tertiary/aromatic N) is 1. The van der Waals surface area contributed by atoms with Gasteiger partial charge in [0.25, 0.3) is 0 Å². The van der Waals surface area contributed by atoms with Crippen LogP contribution in [0.15, 0.2) is 0 Å². The number of aliphatic hydroxyl groups is 1. The first kappa shape index (κ1) is 11.5. The van der Waals surface area contributed by atoms with Gasteiger partial charge in [-0.1, -0.05) is 0 Å². The van der Waals surface area contributed by atoms with Gasteiger partial charge in [0.15, 0.2) is 0 Å².